The Kier molecular flexibility index (Phi) is 5.88. The summed E-state index contributed by atoms with van der Waals surface area (Å²) < 4.78 is 5.67. The first-order chi connectivity index (χ1) is 15.6. The predicted molar refractivity (Wildman–Crippen MR) is 124 cm³/mol. The van der Waals surface area contributed by atoms with E-state index in [9.17, 15) is 19.7 Å². The maximum atomic E-state index is 13.3. The van der Waals surface area contributed by atoms with Crippen LogP contribution in [0.15, 0.2) is 48.5 Å². The largest absolute Gasteiger partial charge is 0.458 e. The fourth-order valence-corrected chi connectivity index (χ4v) is 4.48. The number of nitrogens with zero attached hydrogens (tertiary/aromatic N) is 2. The molecule has 9 heteroatoms. The van der Waals surface area contributed by atoms with Gasteiger partial charge in [0.15, 0.2) is 0 Å². The van der Waals surface area contributed by atoms with Gasteiger partial charge in [0.2, 0.25) is 5.91 Å². The molecule has 1 aromatic heterocycles. The number of fused-ring (bicyclic) bond motifs is 3. The van der Waals surface area contributed by atoms with E-state index in [1.54, 1.807) is 32.9 Å². The zero-order chi connectivity index (χ0) is 23.9. The highest BCUT2D eigenvalue weighted by Gasteiger charge is 2.44. The summed E-state index contributed by atoms with van der Waals surface area (Å²) in [6.07, 6.45) is 0.264. The number of carbonyl (C=O) groups excluding carboxylic acids is 2. The number of para-hydroxylation sites is 1. The van der Waals surface area contributed by atoms with Gasteiger partial charge in [-0.15, -0.1) is 11.6 Å². The minimum absolute atomic E-state index is 0.0645. The van der Waals surface area contributed by atoms with Crippen LogP contribution in [0.3, 0.4) is 0 Å². The molecule has 2 aromatic carbocycles. The van der Waals surface area contributed by atoms with Gasteiger partial charge in [-0.25, -0.2) is 4.79 Å². The lowest BCUT2D eigenvalue weighted by Crippen LogP contribution is -2.53. The van der Waals surface area contributed by atoms with Crippen LogP contribution in [0.4, 0.5) is 5.69 Å². The molecule has 1 aliphatic rings. The molecule has 0 spiro atoms. The summed E-state index contributed by atoms with van der Waals surface area (Å²) >= 11 is 5.97. The van der Waals surface area contributed by atoms with E-state index in [1.165, 1.54) is 17.0 Å². The molecule has 33 heavy (non-hydrogen) atoms. The van der Waals surface area contributed by atoms with Gasteiger partial charge in [0, 0.05) is 35.2 Å². The molecule has 0 saturated heterocycles. The van der Waals surface area contributed by atoms with Crippen molar-refractivity contribution in [2.75, 3.05) is 5.88 Å². The van der Waals surface area contributed by atoms with Gasteiger partial charge in [0.1, 0.15) is 17.5 Å². The number of nitro groups is 1. The third kappa shape index (κ3) is 4.30. The molecule has 0 fully saturated rings. The van der Waals surface area contributed by atoms with Gasteiger partial charge < -0.3 is 14.6 Å². The summed E-state index contributed by atoms with van der Waals surface area (Å²) in [5, 5.41) is 12.1. The second-order valence-corrected chi connectivity index (χ2v) is 9.27. The van der Waals surface area contributed by atoms with Crippen LogP contribution in [0.2, 0.25) is 0 Å². The number of ether oxygens (including phenoxy) is 1. The van der Waals surface area contributed by atoms with E-state index >= 15 is 0 Å². The van der Waals surface area contributed by atoms with Gasteiger partial charge in [-0.05, 0) is 50.1 Å². The molecule has 1 N–H and O–H groups in total. The SMILES string of the molecule is CC(C)(C)OC(=O)[C@H]1Cc2c([nH]c3ccccc23)[C@H](c2ccc([N+](=O)[O-])cc2)N1C(=O)CCl. The summed E-state index contributed by atoms with van der Waals surface area (Å²) in [7, 11) is 0. The highest BCUT2D eigenvalue weighted by molar-refractivity contribution is 6.27. The number of nitrogens with one attached hydrogen (secondary N) is 1. The van der Waals surface area contributed by atoms with Crippen molar-refractivity contribution in [2.45, 2.75) is 44.9 Å². The van der Waals surface area contributed by atoms with Crippen LogP contribution < -0.4 is 0 Å². The maximum Gasteiger partial charge on any atom is 0.329 e. The van der Waals surface area contributed by atoms with Crippen LogP contribution in [0, 0.1) is 10.1 Å². The average Bonchev–Trinajstić information content (AvgIpc) is 3.14. The summed E-state index contributed by atoms with van der Waals surface area (Å²) in [5.41, 5.74) is 2.35. The van der Waals surface area contributed by atoms with Gasteiger partial charge in [-0.1, -0.05) is 18.2 Å². The van der Waals surface area contributed by atoms with Gasteiger partial charge in [0.25, 0.3) is 5.69 Å². The molecule has 2 heterocycles. The molecule has 2 atom stereocenters. The van der Waals surface area contributed by atoms with E-state index < -0.39 is 34.5 Å². The molecular formula is C24H24ClN3O5. The van der Waals surface area contributed by atoms with Gasteiger partial charge in [-0.3, -0.25) is 14.9 Å². The van der Waals surface area contributed by atoms with E-state index in [0.717, 1.165) is 22.2 Å². The second-order valence-electron chi connectivity index (χ2n) is 9.00. The van der Waals surface area contributed by atoms with Crippen molar-refractivity contribution in [1.82, 2.24) is 9.88 Å². The second kappa shape index (κ2) is 8.51. The number of alkyl halides is 1. The number of amides is 1. The molecule has 4 rings (SSSR count). The average molecular weight is 470 g/mol. The van der Waals surface area contributed by atoms with Crippen LogP contribution in [0.1, 0.15) is 43.6 Å². The normalized spacial score (nSPS) is 18.1. The molecule has 172 valence electrons. The number of rotatable bonds is 4. The number of hydrogen-bond acceptors (Lipinski definition) is 5. The lowest BCUT2D eigenvalue weighted by atomic mass is 9.87. The first-order valence-electron chi connectivity index (χ1n) is 10.5. The maximum absolute atomic E-state index is 13.3. The smallest absolute Gasteiger partial charge is 0.329 e. The zero-order valence-electron chi connectivity index (χ0n) is 18.5. The Bertz CT molecular complexity index is 1230. The number of esters is 1. The molecule has 0 radical (unpaired) electrons. The molecule has 8 nitrogen and oxygen atoms in total. The minimum atomic E-state index is -0.901. The van der Waals surface area contributed by atoms with E-state index in [4.69, 9.17) is 16.3 Å². The third-order valence-electron chi connectivity index (χ3n) is 5.63. The van der Waals surface area contributed by atoms with Crippen molar-refractivity contribution < 1.29 is 19.2 Å². The Morgan fingerprint density at radius 1 is 1.18 bits per heavy atom. The Balaban J connectivity index is 1.92. The monoisotopic (exact) mass is 469 g/mol. The number of aromatic nitrogens is 1. The molecule has 0 saturated carbocycles. The van der Waals surface area contributed by atoms with Gasteiger partial charge >= 0.3 is 5.97 Å². The van der Waals surface area contributed by atoms with E-state index in [-0.39, 0.29) is 18.0 Å². The molecule has 1 amide bonds. The van der Waals surface area contributed by atoms with Crippen molar-refractivity contribution in [3.05, 3.63) is 75.5 Å². The number of hydrogen-bond donors (Lipinski definition) is 1. The summed E-state index contributed by atoms with van der Waals surface area (Å²) in [6.45, 7) is 5.31. The topological polar surface area (TPSA) is 106 Å². The Morgan fingerprint density at radius 2 is 1.85 bits per heavy atom. The summed E-state index contributed by atoms with van der Waals surface area (Å²) in [5.74, 6) is -1.28. The van der Waals surface area contributed by atoms with E-state index in [1.807, 2.05) is 24.3 Å². The summed E-state index contributed by atoms with van der Waals surface area (Å²) in [4.78, 5) is 41.9. The highest BCUT2D eigenvalue weighted by Crippen LogP contribution is 2.42. The molecule has 0 bridgehead atoms. The number of halogens is 1. The van der Waals surface area contributed by atoms with Crippen molar-refractivity contribution in [2.24, 2.45) is 0 Å². The van der Waals surface area contributed by atoms with E-state index in [2.05, 4.69) is 4.98 Å². The Hall–Kier alpha value is -3.39. The molecule has 0 aliphatic carbocycles. The number of aromatic amines is 1. The Labute approximate surface area is 195 Å². The van der Waals surface area contributed by atoms with Crippen molar-refractivity contribution in [1.29, 1.82) is 0 Å². The fourth-order valence-electron chi connectivity index (χ4n) is 4.34. The van der Waals surface area contributed by atoms with Crippen LogP contribution in [0.25, 0.3) is 10.9 Å². The lowest BCUT2D eigenvalue weighted by Gasteiger charge is -2.41. The first-order valence-corrected chi connectivity index (χ1v) is 11.1. The van der Waals surface area contributed by atoms with Crippen molar-refractivity contribution >= 4 is 40.1 Å². The van der Waals surface area contributed by atoms with Gasteiger partial charge in [0.05, 0.1) is 11.0 Å². The molecule has 3 aromatic rings. The Morgan fingerprint density at radius 3 is 2.45 bits per heavy atom. The first kappa shape index (κ1) is 22.8. The molecule has 1 aliphatic heterocycles. The molecular weight excluding hydrogens is 446 g/mol. The number of benzene rings is 2. The van der Waals surface area contributed by atoms with Crippen LogP contribution >= 0.6 is 11.6 Å². The fraction of sp³-hybridized carbons (Fsp3) is 0.333. The zero-order valence-corrected chi connectivity index (χ0v) is 19.3. The number of H-pyrrole nitrogens is 1. The van der Waals surface area contributed by atoms with E-state index in [0.29, 0.717) is 5.56 Å². The van der Waals surface area contributed by atoms with Crippen LogP contribution in [-0.4, -0.2) is 44.2 Å². The standard InChI is InChI=1S/C24H24ClN3O5/c1-24(2,3)33-23(30)19-12-17-16-6-4-5-7-18(16)26-21(17)22(27(19)20(29)13-25)14-8-10-15(11-9-14)28(31)32/h4-11,19,22,26H,12-13H2,1-3H3/t19-,22+/m1/s1. The van der Waals surface area contributed by atoms with Crippen molar-refractivity contribution in [3.8, 4) is 0 Å². The van der Waals surface area contributed by atoms with Crippen LogP contribution in [-0.2, 0) is 20.7 Å². The minimum Gasteiger partial charge on any atom is -0.458 e. The molecule has 0 unspecified atom stereocenters. The predicted octanol–water partition coefficient (Wildman–Crippen LogP) is 4.50. The number of nitro benzene ring substituents is 1. The van der Waals surface area contributed by atoms with Gasteiger partial charge in [-0.2, -0.15) is 0 Å². The summed E-state index contributed by atoms with van der Waals surface area (Å²) in [6, 6.07) is 12.1. The third-order valence-corrected chi connectivity index (χ3v) is 5.86. The number of carbonyl (C=O) groups is 2. The lowest BCUT2D eigenvalue weighted by molar-refractivity contribution is -0.384. The number of non-ortho nitro benzene ring substituents is 1. The highest BCUT2D eigenvalue weighted by atomic mass is 35.5. The van der Waals surface area contributed by atoms with Crippen molar-refractivity contribution in [3.63, 3.8) is 0 Å². The van der Waals surface area contributed by atoms with Crippen LogP contribution in [0.5, 0.6) is 0 Å². The quantitative estimate of drug-likeness (QED) is 0.262.